The summed E-state index contributed by atoms with van der Waals surface area (Å²) in [6, 6.07) is 17.6. The van der Waals surface area contributed by atoms with Gasteiger partial charge in [0.15, 0.2) is 0 Å². The first-order valence-corrected chi connectivity index (χ1v) is 11.3. The van der Waals surface area contributed by atoms with Crippen molar-refractivity contribution < 1.29 is 23.9 Å². The Kier molecular flexibility index (Phi) is 6.92. The summed E-state index contributed by atoms with van der Waals surface area (Å²) in [4.78, 5) is 39.0. The quantitative estimate of drug-likeness (QED) is 0.234. The number of benzene rings is 3. The van der Waals surface area contributed by atoms with Gasteiger partial charge in [-0.05, 0) is 66.7 Å². The molecular formula is C24H15BrCl2N2O5. The molecule has 0 bridgehead atoms. The zero-order chi connectivity index (χ0) is 24.4. The average molecular weight is 562 g/mol. The minimum absolute atomic E-state index is 0.112. The highest BCUT2D eigenvalue weighted by molar-refractivity contribution is 9.10. The number of carbonyl (C=O) groups is 3. The molecule has 0 aromatic heterocycles. The van der Waals surface area contributed by atoms with Gasteiger partial charge in [-0.3, -0.25) is 9.59 Å². The van der Waals surface area contributed by atoms with Gasteiger partial charge in [0.1, 0.15) is 22.2 Å². The Labute approximate surface area is 213 Å². The molecule has 0 spiro atoms. The predicted octanol–water partition coefficient (Wildman–Crippen LogP) is 5.77. The molecule has 1 N–H and O–H groups in total. The van der Waals surface area contributed by atoms with Crippen molar-refractivity contribution in [2.24, 2.45) is 0 Å². The van der Waals surface area contributed by atoms with E-state index in [9.17, 15) is 14.4 Å². The maximum atomic E-state index is 13.0. The lowest BCUT2D eigenvalue weighted by molar-refractivity contribution is -0.120. The number of nitrogens with zero attached hydrogens (tertiary/aromatic N) is 1. The molecule has 0 saturated heterocycles. The van der Waals surface area contributed by atoms with Gasteiger partial charge in [-0.1, -0.05) is 39.1 Å². The largest absolute Gasteiger partial charge is 0.495 e. The van der Waals surface area contributed by atoms with E-state index in [-0.39, 0.29) is 22.2 Å². The van der Waals surface area contributed by atoms with Gasteiger partial charge in [-0.15, -0.1) is 0 Å². The lowest BCUT2D eigenvalue weighted by Gasteiger charge is -2.18. The Bertz CT molecular complexity index is 1320. The average Bonchev–Trinajstić information content (AvgIpc) is 3.04. The van der Waals surface area contributed by atoms with Gasteiger partial charge in [0.25, 0.3) is 11.8 Å². The third-order valence-corrected chi connectivity index (χ3v) is 5.94. The van der Waals surface area contributed by atoms with Crippen molar-refractivity contribution in [2.45, 2.75) is 0 Å². The number of amides is 2. The van der Waals surface area contributed by atoms with Crippen LogP contribution >= 0.6 is 39.1 Å². The van der Waals surface area contributed by atoms with E-state index in [1.54, 1.807) is 48.5 Å². The third-order valence-electron chi connectivity index (χ3n) is 4.82. The highest BCUT2D eigenvalue weighted by Gasteiger charge is 2.40. The Hall–Kier alpha value is -3.33. The fourth-order valence-electron chi connectivity index (χ4n) is 3.17. The van der Waals surface area contributed by atoms with E-state index < -0.39 is 17.8 Å². The first-order valence-electron chi connectivity index (χ1n) is 9.75. The molecule has 0 atom stereocenters. The maximum absolute atomic E-state index is 13.0. The number of hydrogen-bond donors (Lipinski definition) is 1. The zero-order valence-electron chi connectivity index (χ0n) is 17.5. The number of methoxy groups -OCH3 is 1. The molecule has 1 heterocycles. The Morgan fingerprint density at radius 1 is 0.941 bits per heavy atom. The van der Waals surface area contributed by atoms with Crippen LogP contribution in [0.25, 0.3) is 0 Å². The highest BCUT2D eigenvalue weighted by atomic mass is 79.9. The zero-order valence-corrected chi connectivity index (χ0v) is 20.6. The van der Waals surface area contributed by atoms with Gasteiger partial charge in [0, 0.05) is 15.2 Å². The molecular weight excluding hydrogens is 547 g/mol. The van der Waals surface area contributed by atoms with Gasteiger partial charge in [-0.25, -0.2) is 9.69 Å². The van der Waals surface area contributed by atoms with E-state index in [1.807, 2.05) is 0 Å². The molecule has 1 aliphatic heterocycles. The topological polar surface area (TPSA) is 84.9 Å². The van der Waals surface area contributed by atoms with Crippen LogP contribution < -0.4 is 19.7 Å². The van der Waals surface area contributed by atoms with Crippen molar-refractivity contribution in [1.29, 1.82) is 0 Å². The van der Waals surface area contributed by atoms with Crippen LogP contribution in [-0.2, 0) is 9.59 Å². The molecule has 0 unspecified atom stereocenters. The maximum Gasteiger partial charge on any atom is 0.343 e. The third kappa shape index (κ3) is 4.79. The summed E-state index contributed by atoms with van der Waals surface area (Å²) < 4.78 is 11.4. The highest BCUT2D eigenvalue weighted by Crippen LogP contribution is 2.37. The predicted molar refractivity (Wildman–Crippen MR) is 133 cm³/mol. The van der Waals surface area contributed by atoms with Crippen LogP contribution in [-0.4, -0.2) is 24.9 Å². The molecule has 2 amide bonds. The van der Waals surface area contributed by atoms with E-state index in [2.05, 4.69) is 21.2 Å². The van der Waals surface area contributed by atoms with Crippen molar-refractivity contribution in [3.8, 4) is 11.5 Å². The lowest BCUT2D eigenvalue weighted by Crippen LogP contribution is -2.32. The molecule has 7 nitrogen and oxygen atoms in total. The van der Waals surface area contributed by atoms with Crippen LogP contribution in [0.4, 0.5) is 11.4 Å². The summed E-state index contributed by atoms with van der Waals surface area (Å²) in [5.74, 6) is -1.25. The minimum atomic E-state index is -0.718. The van der Waals surface area contributed by atoms with Crippen molar-refractivity contribution in [3.05, 3.63) is 92.5 Å². The van der Waals surface area contributed by atoms with Gasteiger partial charge in [-0.2, -0.15) is 0 Å². The number of imide groups is 1. The minimum Gasteiger partial charge on any atom is -0.495 e. The summed E-state index contributed by atoms with van der Waals surface area (Å²) in [6.07, 6.45) is 0. The first-order chi connectivity index (χ1) is 16.3. The van der Waals surface area contributed by atoms with Crippen LogP contribution in [0.3, 0.4) is 0 Å². The summed E-state index contributed by atoms with van der Waals surface area (Å²) in [5, 5.41) is 2.88. The molecule has 0 aliphatic carbocycles. The number of esters is 1. The molecule has 3 aromatic rings. The van der Waals surface area contributed by atoms with Crippen molar-refractivity contribution in [1.82, 2.24) is 0 Å². The molecule has 172 valence electrons. The van der Waals surface area contributed by atoms with Crippen LogP contribution in [0.1, 0.15) is 10.4 Å². The fraction of sp³-hybridized carbons (Fsp3) is 0.0417. The van der Waals surface area contributed by atoms with E-state index >= 15 is 0 Å². The summed E-state index contributed by atoms with van der Waals surface area (Å²) in [6.45, 7) is 0. The molecule has 10 heteroatoms. The second-order valence-electron chi connectivity index (χ2n) is 7.00. The Morgan fingerprint density at radius 3 is 2.26 bits per heavy atom. The van der Waals surface area contributed by atoms with Crippen LogP contribution in [0, 0.1) is 0 Å². The molecule has 3 aromatic carbocycles. The smallest absolute Gasteiger partial charge is 0.343 e. The van der Waals surface area contributed by atoms with E-state index in [1.165, 1.54) is 25.3 Å². The first kappa shape index (κ1) is 23.8. The van der Waals surface area contributed by atoms with Gasteiger partial charge >= 0.3 is 5.97 Å². The second kappa shape index (κ2) is 9.89. The van der Waals surface area contributed by atoms with Gasteiger partial charge in [0.05, 0.1) is 18.4 Å². The monoisotopic (exact) mass is 560 g/mol. The number of halogens is 3. The van der Waals surface area contributed by atoms with E-state index in [0.717, 1.165) is 9.37 Å². The van der Waals surface area contributed by atoms with Gasteiger partial charge < -0.3 is 14.8 Å². The Morgan fingerprint density at radius 2 is 1.62 bits per heavy atom. The van der Waals surface area contributed by atoms with Crippen molar-refractivity contribution in [3.63, 3.8) is 0 Å². The Balaban J connectivity index is 1.51. The summed E-state index contributed by atoms with van der Waals surface area (Å²) in [5.41, 5.74) is 0.798. The molecule has 0 saturated carbocycles. The fourth-order valence-corrected chi connectivity index (χ4v) is 3.81. The number of anilines is 2. The van der Waals surface area contributed by atoms with Crippen molar-refractivity contribution >= 4 is 68.3 Å². The van der Waals surface area contributed by atoms with E-state index in [4.69, 9.17) is 32.7 Å². The second-order valence-corrected chi connectivity index (χ2v) is 8.73. The van der Waals surface area contributed by atoms with Gasteiger partial charge in [0.2, 0.25) is 0 Å². The number of carbonyl (C=O) groups excluding carboxylic acids is 3. The number of rotatable bonds is 6. The summed E-state index contributed by atoms with van der Waals surface area (Å²) >= 11 is 15.6. The van der Waals surface area contributed by atoms with Crippen molar-refractivity contribution in [2.75, 3.05) is 17.3 Å². The molecule has 34 heavy (non-hydrogen) atoms. The normalized spacial score (nSPS) is 13.4. The number of ether oxygens (including phenoxy) is 2. The summed E-state index contributed by atoms with van der Waals surface area (Å²) in [7, 11) is 1.41. The SMILES string of the molecule is COc1ccc(Cl)cc1N1C(=O)C(Cl)=C(Nc2ccc(C(=O)Oc3ccc(Br)cc3)cc2)C1=O. The lowest BCUT2D eigenvalue weighted by atomic mass is 10.2. The number of nitrogens with one attached hydrogen (secondary N) is 1. The standard InChI is InChI=1S/C24H15BrCl2N2O5/c1-33-19-11-6-15(26)12-18(19)29-22(30)20(27)21(23(29)31)28-16-7-2-13(3-8-16)24(32)34-17-9-4-14(25)5-10-17/h2-12,28H,1H3. The number of hydrogen-bond acceptors (Lipinski definition) is 6. The van der Waals surface area contributed by atoms with E-state index in [0.29, 0.717) is 22.0 Å². The van der Waals surface area contributed by atoms with Crippen LogP contribution in [0.2, 0.25) is 5.02 Å². The molecule has 0 radical (unpaired) electrons. The van der Waals surface area contributed by atoms with Crippen LogP contribution in [0.15, 0.2) is 81.9 Å². The van der Waals surface area contributed by atoms with Crippen LogP contribution in [0.5, 0.6) is 11.5 Å². The molecule has 0 fully saturated rings. The molecule has 1 aliphatic rings. The molecule has 4 rings (SSSR count).